The summed E-state index contributed by atoms with van der Waals surface area (Å²) in [5, 5.41) is 0. The van der Waals surface area contributed by atoms with Gasteiger partial charge in [-0.1, -0.05) is 53.7 Å². The zero-order valence-electron chi connectivity index (χ0n) is 12.6. The Balaban J connectivity index is 2.46. The van der Waals surface area contributed by atoms with E-state index in [4.69, 9.17) is 4.43 Å². The predicted molar refractivity (Wildman–Crippen MR) is 80.8 cm³/mol. The van der Waals surface area contributed by atoms with Crippen LogP contribution in [-0.2, 0) is 6.04 Å². The third-order valence-electron chi connectivity index (χ3n) is 4.50. The first kappa shape index (κ1) is 13.7. The first-order valence-electron chi connectivity index (χ1n) is 7.19. The smallest absolute Gasteiger partial charge is 0.260 e. The lowest BCUT2D eigenvalue weighted by Gasteiger charge is -2.33. The Morgan fingerprint density at radius 1 is 1.00 bits per heavy atom. The summed E-state index contributed by atoms with van der Waals surface area (Å²) < 4.78 is 6.55. The molecule has 0 aromatic heterocycles. The first-order chi connectivity index (χ1) is 8.38. The molecule has 1 aromatic rings. The van der Waals surface area contributed by atoms with Gasteiger partial charge in [0.15, 0.2) is 0 Å². The standard InChI is InChI=1S/C16H26OSi/c1-11(2)14-8-7-9-16-15(14)10-18(17-16,12(3)4)13(5)6/h7-9,11-13H,10H2,1-6H3. The van der Waals surface area contributed by atoms with Crippen molar-refractivity contribution in [1.29, 1.82) is 0 Å². The monoisotopic (exact) mass is 262 g/mol. The largest absolute Gasteiger partial charge is 0.542 e. The van der Waals surface area contributed by atoms with Crippen molar-refractivity contribution in [3.63, 3.8) is 0 Å². The summed E-state index contributed by atoms with van der Waals surface area (Å²) >= 11 is 0. The van der Waals surface area contributed by atoms with Crippen molar-refractivity contribution < 1.29 is 4.43 Å². The summed E-state index contributed by atoms with van der Waals surface area (Å²) in [5.74, 6) is 1.77. The Kier molecular flexibility index (Phi) is 3.59. The van der Waals surface area contributed by atoms with Crippen LogP contribution in [0.25, 0.3) is 0 Å². The van der Waals surface area contributed by atoms with Crippen LogP contribution in [0.3, 0.4) is 0 Å². The van der Waals surface area contributed by atoms with Gasteiger partial charge in [-0.25, -0.2) is 0 Å². The summed E-state index contributed by atoms with van der Waals surface area (Å²) in [6.45, 7) is 13.9. The molecule has 0 N–H and O–H groups in total. The van der Waals surface area contributed by atoms with Gasteiger partial charge >= 0.3 is 0 Å². The van der Waals surface area contributed by atoms with Crippen LogP contribution in [-0.4, -0.2) is 8.32 Å². The molecular formula is C16H26OSi. The van der Waals surface area contributed by atoms with Gasteiger partial charge in [0.1, 0.15) is 5.75 Å². The molecular weight excluding hydrogens is 236 g/mol. The van der Waals surface area contributed by atoms with Crippen LogP contribution in [0.15, 0.2) is 18.2 Å². The number of fused-ring (bicyclic) bond motifs is 1. The van der Waals surface area contributed by atoms with Gasteiger partial charge in [-0.3, -0.25) is 0 Å². The molecule has 1 aromatic carbocycles. The van der Waals surface area contributed by atoms with E-state index in [0.717, 1.165) is 0 Å². The number of rotatable bonds is 3. The van der Waals surface area contributed by atoms with Crippen LogP contribution in [0.4, 0.5) is 0 Å². The molecule has 1 aliphatic rings. The Morgan fingerprint density at radius 3 is 2.11 bits per heavy atom. The van der Waals surface area contributed by atoms with Crippen LogP contribution in [0, 0.1) is 0 Å². The van der Waals surface area contributed by atoms with E-state index >= 15 is 0 Å². The highest BCUT2D eigenvalue weighted by Crippen LogP contribution is 2.46. The topological polar surface area (TPSA) is 9.23 Å². The molecule has 0 fully saturated rings. The summed E-state index contributed by atoms with van der Waals surface area (Å²) in [4.78, 5) is 0. The molecule has 2 rings (SSSR count). The van der Waals surface area contributed by atoms with E-state index in [1.54, 1.807) is 0 Å². The summed E-state index contributed by atoms with van der Waals surface area (Å²) in [7, 11) is -1.67. The van der Waals surface area contributed by atoms with Gasteiger partial charge in [-0.05, 0) is 34.2 Å². The fourth-order valence-corrected chi connectivity index (χ4v) is 7.46. The Morgan fingerprint density at radius 2 is 1.61 bits per heavy atom. The zero-order chi connectivity index (χ0) is 13.5. The lowest BCUT2D eigenvalue weighted by atomic mass is 9.97. The van der Waals surface area contributed by atoms with Crippen LogP contribution in [0.2, 0.25) is 11.1 Å². The quantitative estimate of drug-likeness (QED) is 0.693. The molecule has 0 radical (unpaired) electrons. The van der Waals surface area contributed by atoms with E-state index in [9.17, 15) is 0 Å². The minimum atomic E-state index is -1.67. The summed E-state index contributed by atoms with van der Waals surface area (Å²) in [5.41, 5.74) is 4.33. The third-order valence-corrected chi connectivity index (χ3v) is 9.91. The SMILES string of the molecule is CC(C)c1cccc2c1C[Si](C(C)C)(C(C)C)O2. The molecule has 0 saturated carbocycles. The molecule has 0 unspecified atom stereocenters. The predicted octanol–water partition coefficient (Wildman–Crippen LogP) is 5.05. The van der Waals surface area contributed by atoms with E-state index in [-0.39, 0.29) is 0 Å². The maximum atomic E-state index is 6.55. The third kappa shape index (κ3) is 2.01. The van der Waals surface area contributed by atoms with Crippen molar-refractivity contribution in [3.05, 3.63) is 29.3 Å². The van der Waals surface area contributed by atoms with Crippen LogP contribution in [0.5, 0.6) is 5.75 Å². The van der Waals surface area contributed by atoms with Gasteiger partial charge in [0.2, 0.25) is 0 Å². The normalized spacial score (nSPS) is 17.4. The van der Waals surface area contributed by atoms with Gasteiger partial charge in [0, 0.05) is 6.04 Å². The molecule has 2 heteroatoms. The number of hydrogen-bond acceptors (Lipinski definition) is 1. The molecule has 1 heterocycles. The van der Waals surface area contributed by atoms with Crippen molar-refractivity contribution in [1.82, 2.24) is 0 Å². The van der Waals surface area contributed by atoms with E-state index in [0.29, 0.717) is 17.0 Å². The highest BCUT2D eigenvalue weighted by molar-refractivity contribution is 6.77. The zero-order valence-corrected chi connectivity index (χ0v) is 13.6. The molecule has 0 atom stereocenters. The second kappa shape index (κ2) is 4.73. The van der Waals surface area contributed by atoms with E-state index in [1.165, 1.54) is 22.9 Å². The first-order valence-corrected chi connectivity index (χ1v) is 9.46. The van der Waals surface area contributed by atoms with E-state index < -0.39 is 8.32 Å². The van der Waals surface area contributed by atoms with Crippen LogP contribution in [0.1, 0.15) is 58.6 Å². The number of benzene rings is 1. The molecule has 18 heavy (non-hydrogen) atoms. The number of hydrogen-bond donors (Lipinski definition) is 0. The van der Waals surface area contributed by atoms with Crippen molar-refractivity contribution in [3.8, 4) is 5.75 Å². The maximum Gasteiger partial charge on any atom is 0.260 e. The van der Waals surface area contributed by atoms with Crippen molar-refractivity contribution in [2.24, 2.45) is 0 Å². The van der Waals surface area contributed by atoms with Crippen LogP contribution >= 0.6 is 0 Å². The minimum absolute atomic E-state index is 0.590. The fourth-order valence-electron chi connectivity index (χ4n) is 3.24. The summed E-state index contributed by atoms with van der Waals surface area (Å²) in [6, 6.07) is 7.80. The summed E-state index contributed by atoms with van der Waals surface area (Å²) in [6.07, 6.45) is 0. The average molecular weight is 262 g/mol. The van der Waals surface area contributed by atoms with Gasteiger partial charge in [-0.2, -0.15) is 0 Å². The van der Waals surface area contributed by atoms with Gasteiger partial charge < -0.3 is 4.43 Å². The van der Waals surface area contributed by atoms with E-state index in [1.807, 2.05) is 0 Å². The molecule has 1 aliphatic heterocycles. The van der Waals surface area contributed by atoms with Gasteiger partial charge in [-0.15, -0.1) is 0 Å². The second-order valence-electron chi connectivity index (χ2n) is 6.52. The average Bonchev–Trinajstić information content (AvgIpc) is 2.68. The van der Waals surface area contributed by atoms with Gasteiger partial charge in [0.25, 0.3) is 8.32 Å². The van der Waals surface area contributed by atoms with Crippen LogP contribution < -0.4 is 4.43 Å². The highest BCUT2D eigenvalue weighted by Gasteiger charge is 2.49. The second-order valence-corrected chi connectivity index (χ2v) is 11.3. The van der Waals surface area contributed by atoms with Gasteiger partial charge in [0.05, 0.1) is 0 Å². The molecule has 0 aliphatic carbocycles. The lowest BCUT2D eigenvalue weighted by molar-refractivity contribution is 0.520. The van der Waals surface area contributed by atoms with Crippen molar-refractivity contribution >= 4 is 8.32 Å². The molecule has 0 amide bonds. The fraction of sp³-hybridized carbons (Fsp3) is 0.625. The molecule has 0 saturated heterocycles. The maximum absolute atomic E-state index is 6.55. The van der Waals surface area contributed by atoms with E-state index in [2.05, 4.69) is 59.7 Å². The van der Waals surface area contributed by atoms with Crippen molar-refractivity contribution in [2.75, 3.05) is 0 Å². The molecule has 100 valence electrons. The highest BCUT2D eigenvalue weighted by atomic mass is 28.4. The molecule has 0 bridgehead atoms. The Hall–Kier alpha value is -0.763. The molecule has 1 nitrogen and oxygen atoms in total. The Bertz CT molecular complexity index is 427. The lowest BCUT2D eigenvalue weighted by Crippen LogP contribution is -2.47. The van der Waals surface area contributed by atoms with Crippen molar-refractivity contribution in [2.45, 2.75) is 64.6 Å². The minimum Gasteiger partial charge on any atom is -0.542 e. The molecule has 0 spiro atoms. The Labute approximate surface area is 113 Å².